The molecule has 3 heteroatoms. The summed E-state index contributed by atoms with van der Waals surface area (Å²) in [7, 11) is 0. The van der Waals surface area contributed by atoms with Gasteiger partial charge in [0.25, 0.3) is 0 Å². The van der Waals surface area contributed by atoms with Crippen LogP contribution >= 0.6 is 0 Å². The third-order valence-corrected chi connectivity index (χ3v) is 0. The molecule has 0 atom stereocenters. The van der Waals surface area contributed by atoms with Gasteiger partial charge >= 0.3 is 25.3 Å². The van der Waals surface area contributed by atoms with Crippen molar-refractivity contribution >= 4 is 0 Å². The van der Waals surface area contributed by atoms with E-state index in [0.29, 0.717) is 0 Å². The van der Waals surface area contributed by atoms with Crippen molar-refractivity contribution in [2.75, 3.05) is 0 Å². The zero-order chi connectivity index (χ0) is 2.71. The van der Waals surface area contributed by atoms with E-state index in [1.165, 1.54) is 0 Å². The second-order valence-electron chi connectivity index (χ2n) is 0.0680. The van der Waals surface area contributed by atoms with E-state index in [0.717, 1.165) is 0 Å². The molecule has 0 saturated heterocycles. The van der Waals surface area contributed by atoms with Crippen LogP contribution in [-0.4, -0.2) is 0 Å². The van der Waals surface area contributed by atoms with Gasteiger partial charge in [0.05, 0.1) is 0 Å². The average Bonchev–Trinajstić information content (AvgIpc) is 0.918. The fourth-order valence-electron chi connectivity index (χ4n) is 0. The van der Waals surface area contributed by atoms with E-state index in [9.17, 15) is 0 Å². The van der Waals surface area contributed by atoms with E-state index in [1.807, 2.05) is 0 Å². The molecule has 0 aromatic heterocycles. The molecule has 0 N–H and O–H groups in total. The van der Waals surface area contributed by atoms with Gasteiger partial charge in [-0.05, 0) is 0 Å². The Morgan fingerprint density at radius 3 is 1.25 bits per heavy atom. The Morgan fingerprint density at radius 1 is 1.25 bits per heavy atom. The number of rotatable bonds is 0. The van der Waals surface area contributed by atoms with Crippen molar-refractivity contribution in [1.82, 2.24) is 0 Å². The van der Waals surface area contributed by atoms with Crippen molar-refractivity contribution in [3.05, 3.63) is 7.43 Å². The molecule has 0 aliphatic rings. The first-order chi connectivity index (χ1) is 1.41. The molecule has 0 aromatic rings. The van der Waals surface area contributed by atoms with Gasteiger partial charge < -0.3 is 7.43 Å². The van der Waals surface area contributed by atoms with Gasteiger partial charge in [0.15, 0.2) is 0 Å². The van der Waals surface area contributed by atoms with Crippen LogP contribution in [0.5, 0.6) is 0 Å². The fourth-order valence-corrected chi connectivity index (χ4v) is 0. The molecule has 0 heterocycles. The van der Waals surface area contributed by atoms with Crippen LogP contribution < -0.4 is 0 Å². The third kappa shape index (κ3) is 45.7. The first kappa shape index (κ1) is 8.86. The minimum absolute atomic E-state index is 0. The van der Waals surface area contributed by atoms with Crippen molar-refractivity contribution in [2.45, 2.75) is 0 Å². The molecule has 0 radical (unpaired) electrons. The van der Waals surface area contributed by atoms with Crippen LogP contribution in [0.4, 0.5) is 0 Å². The Bertz CT molecular complexity index is 27.0. The van der Waals surface area contributed by atoms with Gasteiger partial charge in [0, 0.05) is 0 Å². The third-order valence-electron chi connectivity index (χ3n) is 0. The Hall–Kier alpha value is 0.288. The molecular weight excluding hydrogens is 140 g/mol. The van der Waals surface area contributed by atoms with Crippen LogP contribution in [0.3, 0.4) is 0 Å². The summed E-state index contributed by atoms with van der Waals surface area (Å²) in [5.74, 6) is 0. The molecule has 2 nitrogen and oxygen atoms in total. The summed E-state index contributed by atoms with van der Waals surface area (Å²) in [6, 6.07) is 0. The summed E-state index contributed by atoms with van der Waals surface area (Å²) < 4.78 is 17.0. The quantitative estimate of drug-likeness (QED) is 0.358. The van der Waals surface area contributed by atoms with Gasteiger partial charge in [-0.1, -0.05) is 0 Å². The van der Waals surface area contributed by atoms with Crippen LogP contribution in [-0.2, 0) is 25.3 Å². The normalized spacial score (nSPS) is 3.00. The molecule has 0 saturated carbocycles. The Labute approximate surface area is 33.4 Å². The SMILES string of the molecule is [CH3-].[O]=[Mo]=[O]. The topological polar surface area (TPSA) is 34.1 Å². The maximum atomic E-state index is 8.50. The molecule has 0 aromatic carbocycles. The van der Waals surface area contributed by atoms with Crippen LogP contribution in [0.1, 0.15) is 0 Å². The van der Waals surface area contributed by atoms with Crippen LogP contribution in [0.15, 0.2) is 0 Å². The Kier molecular flexibility index (Phi) is 23.0. The van der Waals surface area contributed by atoms with Crippen molar-refractivity contribution in [1.29, 1.82) is 0 Å². The summed E-state index contributed by atoms with van der Waals surface area (Å²) in [4.78, 5) is 0. The first-order valence-electron chi connectivity index (χ1n) is 0.333. The van der Waals surface area contributed by atoms with E-state index in [2.05, 4.69) is 0 Å². The fraction of sp³-hybridized carbons (Fsp3) is 0. The van der Waals surface area contributed by atoms with Gasteiger partial charge in [-0.2, -0.15) is 0 Å². The van der Waals surface area contributed by atoms with Gasteiger partial charge in [0.2, 0.25) is 0 Å². The second-order valence-corrected chi connectivity index (χ2v) is 0.403. The first-order valence-corrected chi connectivity index (χ1v) is 1.97. The average molecular weight is 143 g/mol. The van der Waals surface area contributed by atoms with Crippen molar-refractivity contribution in [3.8, 4) is 0 Å². The van der Waals surface area contributed by atoms with Crippen molar-refractivity contribution in [3.63, 3.8) is 0 Å². The summed E-state index contributed by atoms with van der Waals surface area (Å²) in [6.07, 6.45) is 0. The molecule has 0 amide bonds. The predicted octanol–water partition coefficient (Wildman–Crippen LogP) is 0.210. The van der Waals surface area contributed by atoms with Crippen LogP contribution in [0, 0.1) is 7.43 Å². The minimum atomic E-state index is -2.03. The van der Waals surface area contributed by atoms with Gasteiger partial charge in [-0.15, -0.1) is 0 Å². The number of hydrogen-bond donors (Lipinski definition) is 0. The molecule has 0 unspecified atom stereocenters. The molecular formula is CH3MoO2-. The second kappa shape index (κ2) is 10.4. The Morgan fingerprint density at radius 2 is 1.25 bits per heavy atom. The molecule has 0 bridgehead atoms. The van der Waals surface area contributed by atoms with Gasteiger partial charge in [0.1, 0.15) is 0 Å². The Balaban J connectivity index is 0. The molecule has 4 heavy (non-hydrogen) atoms. The molecule has 0 spiro atoms. The molecule has 26 valence electrons. The van der Waals surface area contributed by atoms with E-state index < -0.39 is 18.5 Å². The molecule has 0 rings (SSSR count). The van der Waals surface area contributed by atoms with Gasteiger partial charge in [-0.3, -0.25) is 0 Å². The standard InChI is InChI=1S/CH3.Mo.2O/h1H3;;;/q-1;;;. The van der Waals surface area contributed by atoms with E-state index in [-0.39, 0.29) is 7.43 Å². The predicted molar refractivity (Wildman–Crippen MR) is 7.79 cm³/mol. The molecule has 0 fully saturated rings. The summed E-state index contributed by atoms with van der Waals surface area (Å²) >= 11 is -2.03. The number of hydrogen-bond acceptors (Lipinski definition) is 2. The van der Waals surface area contributed by atoms with Gasteiger partial charge in [-0.25, -0.2) is 0 Å². The summed E-state index contributed by atoms with van der Waals surface area (Å²) in [6.45, 7) is 0. The zero-order valence-electron chi connectivity index (χ0n) is 2.22. The van der Waals surface area contributed by atoms with E-state index >= 15 is 0 Å². The monoisotopic (exact) mass is 145 g/mol. The van der Waals surface area contributed by atoms with Crippen LogP contribution in [0.25, 0.3) is 0 Å². The van der Waals surface area contributed by atoms with Crippen molar-refractivity contribution in [2.24, 2.45) is 0 Å². The molecule has 0 aliphatic heterocycles. The van der Waals surface area contributed by atoms with E-state index in [1.54, 1.807) is 0 Å². The summed E-state index contributed by atoms with van der Waals surface area (Å²) in [5.41, 5.74) is 0. The maximum absolute atomic E-state index is 8.50. The summed E-state index contributed by atoms with van der Waals surface area (Å²) in [5, 5.41) is 0. The molecule has 0 aliphatic carbocycles. The van der Waals surface area contributed by atoms with Crippen LogP contribution in [0.2, 0.25) is 0 Å². The zero-order valence-corrected chi connectivity index (χ0v) is 4.23. The van der Waals surface area contributed by atoms with E-state index in [4.69, 9.17) is 6.80 Å². The van der Waals surface area contributed by atoms with Crippen molar-refractivity contribution < 1.29 is 25.3 Å².